The molecule has 0 saturated carbocycles. The molecule has 0 bridgehead atoms. The van der Waals surface area contributed by atoms with Gasteiger partial charge in [-0.05, 0) is 13.3 Å². The zero-order valence-corrected chi connectivity index (χ0v) is 7.26. The Morgan fingerprint density at radius 2 is 2.42 bits per heavy atom. The van der Waals surface area contributed by atoms with Gasteiger partial charge in [-0.25, -0.2) is 4.39 Å². The first-order valence-electron chi connectivity index (χ1n) is 3.89. The molecule has 0 aromatic carbocycles. The predicted molar refractivity (Wildman–Crippen MR) is 45.0 cm³/mol. The van der Waals surface area contributed by atoms with Gasteiger partial charge in [0.1, 0.15) is 6.54 Å². The van der Waals surface area contributed by atoms with Crippen molar-refractivity contribution < 1.29 is 4.39 Å². The number of halogens is 1. The lowest BCUT2D eigenvalue weighted by Crippen LogP contribution is -2.03. The third-order valence-electron chi connectivity index (χ3n) is 1.64. The first-order valence-corrected chi connectivity index (χ1v) is 3.89. The molecule has 3 heteroatoms. The van der Waals surface area contributed by atoms with Gasteiger partial charge in [-0.3, -0.25) is 4.68 Å². The standard InChI is InChI=1S/C9H11FN2/c1-3-5-6-12-9(4-2)8(10)7-11-12/h7H,4,6H2,1-2H3. The zero-order valence-electron chi connectivity index (χ0n) is 7.26. The molecule has 0 aliphatic heterocycles. The second-order valence-electron chi connectivity index (χ2n) is 2.38. The highest BCUT2D eigenvalue weighted by atomic mass is 19.1. The van der Waals surface area contributed by atoms with Crippen LogP contribution in [0.2, 0.25) is 0 Å². The number of rotatable bonds is 2. The van der Waals surface area contributed by atoms with Crippen LogP contribution in [0.25, 0.3) is 0 Å². The molecule has 0 aliphatic carbocycles. The summed E-state index contributed by atoms with van der Waals surface area (Å²) in [6, 6.07) is 0. The van der Waals surface area contributed by atoms with Gasteiger partial charge >= 0.3 is 0 Å². The third kappa shape index (κ3) is 1.65. The number of hydrogen-bond acceptors (Lipinski definition) is 1. The van der Waals surface area contributed by atoms with Gasteiger partial charge in [-0.15, -0.1) is 5.92 Å². The number of hydrogen-bond donors (Lipinski definition) is 0. The number of aromatic nitrogens is 2. The fourth-order valence-electron chi connectivity index (χ4n) is 1.03. The van der Waals surface area contributed by atoms with E-state index in [1.165, 1.54) is 6.20 Å². The van der Waals surface area contributed by atoms with Gasteiger partial charge in [0.2, 0.25) is 0 Å². The monoisotopic (exact) mass is 166 g/mol. The summed E-state index contributed by atoms with van der Waals surface area (Å²) in [5.41, 5.74) is 0.623. The molecule has 0 atom stereocenters. The van der Waals surface area contributed by atoms with Crippen LogP contribution < -0.4 is 0 Å². The Labute approximate surface area is 71.4 Å². The average Bonchev–Trinajstić information content (AvgIpc) is 2.43. The van der Waals surface area contributed by atoms with Gasteiger partial charge in [-0.2, -0.15) is 5.10 Å². The molecule has 0 fully saturated rings. The molecule has 2 nitrogen and oxygen atoms in total. The second-order valence-corrected chi connectivity index (χ2v) is 2.38. The summed E-state index contributed by atoms with van der Waals surface area (Å²) in [6.45, 7) is 4.13. The van der Waals surface area contributed by atoms with Crippen LogP contribution in [-0.4, -0.2) is 9.78 Å². The maximum absolute atomic E-state index is 12.9. The van der Waals surface area contributed by atoms with Gasteiger partial charge in [0.05, 0.1) is 11.9 Å². The van der Waals surface area contributed by atoms with E-state index in [4.69, 9.17) is 0 Å². The zero-order chi connectivity index (χ0) is 8.97. The molecule has 0 N–H and O–H groups in total. The normalized spacial score (nSPS) is 9.25. The smallest absolute Gasteiger partial charge is 0.164 e. The van der Waals surface area contributed by atoms with Crippen molar-refractivity contribution in [1.29, 1.82) is 0 Å². The third-order valence-corrected chi connectivity index (χ3v) is 1.64. The molecule has 12 heavy (non-hydrogen) atoms. The van der Waals surface area contributed by atoms with Crippen molar-refractivity contribution >= 4 is 0 Å². The molecule has 0 unspecified atom stereocenters. The van der Waals surface area contributed by atoms with Crippen molar-refractivity contribution in [3.63, 3.8) is 0 Å². The van der Waals surface area contributed by atoms with E-state index in [-0.39, 0.29) is 5.82 Å². The Bertz CT molecular complexity index is 317. The molecule has 0 spiro atoms. The maximum atomic E-state index is 12.9. The molecule has 0 radical (unpaired) electrons. The van der Waals surface area contributed by atoms with Crippen molar-refractivity contribution in [2.24, 2.45) is 0 Å². The minimum Gasteiger partial charge on any atom is -0.255 e. The minimum absolute atomic E-state index is 0.240. The molecular formula is C9H11FN2. The Morgan fingerprint density at radius 3 is 3.00 bits per heavy atom. The Morgan fingerprint density at radius 1 is 1.67 bits per heavy atom. The van der Waals surface area contributed by atoms with E-state index in [1.807, 2.05) is 6.92 Å². The van der Waals surface area contributed by atoms with E-state index in [9.17, 15) is 4.39 Å². The highest BCUT2D eigenvalue weighted by molar-refractivity contribution is 5.06. The van der Waals surface area contributed by atoms with E-state index < -0.39 is 0 Å². The molecule has 1 rings (SSSR count). The number of nitrogens with zero attached hydrogens (tertiary/aromatic N) is 2. The highest BCUT2D eigenvalue weighted by Gasteiger charge is 2.06. The topological polar surface area (TPSA) is 17.8 Å². The summed E-state index contributed by atoms with van der Waals surface area (Å²) in [5.74, 6) is 5.34. The van der Waals surface area contributed by atoms with E-state index in [1.54, 1.807) is 11.6 Å². The summed E-state index contributed by atoms with van der Waals surface area (Å²) in [4.78, 5) is 0. The fourth-order valence-corrected chi connectivity index (χ4v) is 1.03. The van der Waals surface area contributed by atoms with Gasteiger partial charge in [0, 0.05) is 0 Å². The van der Waals surface area contributed by atoms with Gasteiger partial charge in [0.15, 0.2) is 5.82 Å². The lowest BCUT2D eigenvalue weighted by molar-refractivity contribution is 0.593. The van der Waals surface area contributed by atoms with Crippen LogP contribution in [0, 0.1) is 17.7 Å². The Kier molecular flexibility index (Phi) is 2.87. The van der Waals surface area contributed by atoms with Crippen molar-refractivity contribution in [2.45, 2.75) is 26.8 Å². The summed E-state index contributed by atoms with van der Waals surface area (Å²) in [6.07, 6.45) is 1.88. The molecular weight excluding hydrogens is 155 g/mol. The summed E-state index contributed by atoms with van der Waals surface area (Å²) >= 11 is 0. The second kappa shape index (κ2) is 3.91. The maximum Gasteiger partial charge on any atom is 0.164 e. The van der Waals surface area contributed by atoms with E-state index in [2.05, 4.69) is 16.9 Å². The fraction of sp³-hybridized carbons (Fsp3) is 0.444. The average molecular weight is 166 g/mol. The van der Waals surface area contributed by atoms with E-state index >= 15 is 0 Å². The first kappa shape index (κ1) is 8.79. The van der Waals surface area contributed by atoms with Gasteiger partial charge in [0.25, 0.3) is 0 Å². The van der Waals surface area contributed by atoms with E-state index in [0.717, 1.165) is 0 Å². The SMILES string of the molecule is CC#CCn1ncc(F)c1CC. The van der Waals surface area contributed by atoms with Crippen LogP contribution in [0.3, 0.4) is 0 Å². The van der Waals surface area contributed by atoms with Gasteiger partial charge < -0.3 is 0 Å². The summed E-state index contributed by atoms with van der Waals surface area (Å²) in [5, 5.41) is 3.86. The van der Waals surface area contributed by atoms with Crippen molar-refractivity contribution in [1.82, 2.24) is 9.78 Å². The Hall–Kier alpha value is -1.30. The Balaban J connectivity index is 2.88. The molecule has 0 amide bonds. The van der Waals surface area contributed by atoms with E-state index in [0.29, 0.717) is 18.7 Å². The van der Waals surface area contributed by atoms with Crippen LogP contribution in [0.15, 0.2) is 6.20 Å². The van der Waals surface area contributed by atoms with Crippen molar-refractivity contribution in [2.75, 3.05) is 0 Å². The molecule has 1 heterocycles. The van der Waals surface area contributed by atoms with Crippen LogP contribution >= 0.6 is 0 Å². The summed E-state index contributed by atoms with van der Waals surface area (Å²) < 4.78 is 14.5. The van der Waals surface area contributed by atoms with Gasteiger partial charge in [-0.1, -0.05) is 12.8 Å². The lowest BCUT2D eigenvalue weighted by Gasteiger charge is -1.99. The van der Waals surface area contributed by atoms with Crippen LogP contribution in [-0.2, 0) is 13.0 Å². The molecule has 1 aromatic heterocycles. The van der Waals surface area contributed by atoms with Crippen LogP contribution in [0.5, 0.6) is 0 Å². The highest BCUT2D eigenvalue weighted by Crippen LogP contribution is 2.06. The quantitative estimate of drug-likeness (QED) is 0.610. The largest absolute Gasteiger partial charge is 0.255 e. The molecule has 64 valence electrons. The molecule has 1 aromatic rings. The van der Waals surface area contributed by atoms with Crippen molar-refractivity contribution in [3.05, 3.63) is 17.7 Å². The van der Waals surface area contributed by atoms with Crippen molar-refractivity contribution in [3.8, 4) is 11.8 Å². The molecule has 0 aliphatic rings. The minimum atomic E-state index is -0.240. The van der Waals surface area contributed by atoms with Crippen LogP contribution in [0.4, 0.5) is 4.39 Å². The van der Waals surface area contributed by atoms with Crippen LogP contribution in [0.1, 0.15) is 19.5 Å². The summed E-state index contributed by atoms with van der Waals surface area (Å²) in [7, 11) is 0. The predicted octanol–water partition coefficient (Wildman–Crippen LogP) is 1.61. The lowest BCUT2D eigenvalue weighted by atomic mass is 10.3. The molecule has 0 saturated heterocycles. The first-order chi connectivity index (χ1) is 5.79.